The van der Waals surface area contributed by atoms with Gasteiger partial charge in [0.25, 0.3) is 0 Å². The van der Waals surface area contributed by atoms with Gasteiger partial charge >= 0.3 is 0 Å². The van der Waals surface area contributed by atoms with E-state index in [1.807, 2.05) is 50.2 Å². The zero-order valence-corrected chi connectivity index (χ0v) is 25.5. The number of nitrogens with zero attached hydrogens (tertiary/aromatic N) is 2. The number of hydrogen-bond donors (Lipinski definition) is 1. The fourth-order valence-corrected chi connectivity index (χ4v) is 5.81. The van der Waals surface area contributed by atoms with Crippen molar-refractivity contribution in [3.63, 3.8) is 0 Å². The Morgan fingerprint density at radius 3 is 2.27 bits per heavy atom. The van der Waals surface area contributed by atoms with Gasteiger partial charge in [-0.15, -0.1) is 0 Å². The van der Waals surface area contributed by atoms with E-state index in [0.29, 0.717) is 33.4 Å². The standard InChI is InChI=1S/C30H35Cl2N3O4S/c1-5-15-33-30(37)28(17-23-9-7-6-8-10-23)34(19-24-12-13-25(31)18-26(24)32)29(36)20-35(40(4,38)39)27-14-11-21(2)16-22(27)3/h6-14,16,18,28H,5,15,17,19-20H2,1-4H3,(H,33,37)/t28-/m0/s1. The van der Waals surface area contributed by atoms with Crippen LogP contribution in [0, 0.1) is 13.8 Å². The van der Waals surface area contributed by atoms with Crippen molar-refractivity contribution in [1.29, 1.82) is 0 Å². The molecule has 7 nitrogen and oxygen atoms in total. The molecule has 40 heavy (non-hydrogen) atoms. The maximum absolute atomic E-state index is 14.1. The van der Waals surface area contributed by atoms with Crippen LogP contribution in [0.5, 0.6) is 0 Å². The second-order valence-electron chi connectivity index (χ2n) is 9.81. The van der Waals surface area contributed by atoms with E-state index in [-0.39, 0.29) is 18.9 Å². The van der Waals surface area contributed by atoms with Gasteiger partial charge in [0, 0.05) is 29.6 Å². The van der Waals surface area contributed by atoms with Crippen LogP contribution in [0.15, 0.2) is 66.7 Å². The lowest BCUT2D eigenvalue weighted by Crippen LogP contribution is -2.53. The first-order valence-corrected chi connectivity index (χ1v) is 15.6. The van der Waals surface area contributed by atoms with Gasteiger partial charge in [0.2, 0.25) is 21.8 Å². The molecule has 3 aromatic rings. The predicted octanol–water partition coefficient (Wildman–Crippen LogP) is 5.54. The summed E-state index contributed by atoms with van der Waals surface area (Å²) in [5.74, 6) is -0.870. The predicted molar refractivity (Wildman–Crippen MR) is 162 cm³/mol. The van der Waals surface area contributed by atoms with Crippen LogP contribution >= 0.6 is 23.2 Å². The number of sulfonamides is 1. The molecule has 1 N–H and O–H groups in total. The van der Waals surface area contributed by atoms with Crippen LogP contribution in [-0.4, -0.2) is 50.5 Å². The normalized spacial score (nSPS) is 12.1. The highest BCUT2D eigenvalue weighted by molar-refractivity contribution is 7.92. The maximum Gasteiger partial charge on any atom is 0.244 e. The van der Waals surface area contributed by atoms with Gasteiger partial charge in [-0.2, -0.15) is 0 Å². The van der Waals surface area contributed by atoms with Crippen LogP contribution < -0.4 is 9.62 Å². The molecule has 0 aromatic heterocycles. The van der Waals surface area contributed by atoms with Crippen molar-refractivity contribution in [3.05, 3.63) is 99.0 Å². The number of benzene rings is 3. The smallest absolute Gasteiger partial charge is 0.244 e. The van der Waals surface area contributed by atoms with E-state index in [1.165, 1.54) is 4.90 Å². The molecule has 214 valence electrons. The van der Waals surface area contributed by atoms with Crippen molar-refractivity contribution in [1.82, 2.24) is 10.2 Å². The van der Waals surface area contributed by atoms with Gasteiger partial charge in [0.1, 0.15) is 12.6 Å². The Balaban J connectivity index is 2.09. The average Bonchev–Trinajstić information content (AvgIpc) is 2.89. The Kier molecular flexibility index (Phi) is 11.0. The fraction of sp³-hybridized carbons (Fsp3) is 0.333. The number of hydrogen-bond acceptors (Lipinski definition) is 4. The maximum atomic E-state index is 14.1. The number of halogens is 2. The zero-order chi connectivity index (χ0) is 29.4. The lowest BCUT2D eigenvalue weighted by atomic mass is 10.0. The molecule has 3 rings (SSSR count). The number of aryl methyl sites for hydroxylation is 2. The Bertz CT molecular complexity index is 1450. The summed E-state index contributed by atoms with van der Waals surface area (Å²) < 4.78 is 27.0. The molecule has 0 saturated carbocycles. The number of carbonyl (C=O) groups is 2. The van der Waals surface area contributed by atoms with Gasteiger partial charge in [-0.1, -0.05) is 84.2 Å². The highest BCUT2D eigenvalue weighted by atomic mass is 35.5. The monoisotopic (exact) mass is 603 g/mol. The lowest BCUT2D eigenvalue weighted by molar-refractivity contribution is -0.140. The van der Waals surface area contributed by atoms with E-state index in [2.05, 4.69) is 5.32 Å². The van der Waals surface area contributed by atoms with Crippen molar-refractivity contribution in [2.45, 2.75) is 46.2 Å². The summed E-state index contributed by atoms with van der Waals surface area (Å²) in [5.41, 5.74) is 3.52. The van der Waals surface area contributed by atoms with E-state index in [0.717, 1.165) is 28.1 Å². The molecule has 0 aliphatic carbocycles. The summed E-state index contributed by atoms with van der Waals surface area (Å²) in [5, 5.41) is 3.69. The molecule has 0 unspecified atom stereocenters. The summed E-state index contributed by atoms with van der Waals surface area (Å²) in [7, 11) is -3.85. The van der Waals surface area contributed by atoms with Crippen molar-refractivity contribution >= 4 is 50.7 Å². The van der Waals surface area contributed by atoms with Crippen molar-refractivity contribution < 1.29 is 18.0 Å². The summed E-state index contributed by atoms with van der Waals surface area (Å²) in [6.07, 6.45) is 2.01. The molecule has 0 aliphatic heterocycles. The van der Waals surface area contributed by atoms with Gasteiger partial charge in [-0.25, -0.2) is 8.42 Å². The molecule has 0 bridgehead atoms. The molecule has 0 heterocycles. The first kappa shape index (κ1) is 31.5. The molecule has 10 heteroatoms. The first-order chi connectivity index (χ1) is 18.9. The molecule has 1 atom stereocenters. The number of amides is 2. The molecule has 0 aliphatic rings. The Hall–Kier alpha value is -3.07. The summed E-state index contributed by atoms with van der Waals surface area (Å²) >= 11 is 12.6. The molecule has 0 fully saturated rings. The average molecular weight is 605 g/mol. The summed E-state index contributed by atoms with van der Waals surface area (Å²) in [4.78, 5) is 29.1. The SMILES string of the molecule is CCCNC(=O)[C@H](Cc1ccccc1)N(Cc1ccc(Cl)cc1Cl)C(=O)CN(c1ccc(C)cc1C)S(C)(=O)=O. The van der Waals surface area contributed by atoms with E-state index in [4.69, 9.17) is 23.2 Å². The minimum absolute atomic E-state index is 0.0175. The highest BCUT2D eigenvalue weighted by Crippen LogP contribution is 2.27. The summed E-state index contributed by atoms with van der Waals surface area (Å²) in [6.45, 7) is 5.58. The van der Waals surface area contributed by atoms with Crippen LogP contribution in [0.4, 0.5) is 5.69 Å². The van der Waals surface area contributed by atoms with Crippen LogP contribution in [0.2, 0.25) is 10.0 Å². The fourth-order valence-electron chi connectivity index (χ4n) is 4.43. The van der Waals surface area contributed by atoms with Crippen molar-refractivity contribution in [3.8, 4) is 0 Å². The van der Waals surface area contributed by atoms with Crippen molar-refractivity contribution in [2.24, 2.45) is 0 Å². The topological polar surface area (TPSA) is 86.8 Å². The second kappa shape index (κ2) is 14.0. The van der Waals surface area contributed by atoms with Gasteiger partial charge in [-0.3, -0.25) is 13.9 Å². The first-order valence-electron chi connectivity index (χ1n) is 13.0. The molecule has 0 spiro atoms. The number of rotatable bonds is 12. The van der Waals surface area contributed by atoms with Crippen LogP contribution in [0.1, 0.15) is 35.6 Å². The zero-order valence-electron chi connectivity index (χ0n) is 23.2. The number of nitrogens with one attached hydrogen (secondary N) is 1. The van der Waals surface area contributed by atoms with Gasteiger partial charge in [-0.05, 0) is 55.2 Å². The Labute approximate surface area is 247 Å². The lowest BCUT2D eigenvalue weighted by Gasteiger charge is -2.34. The molecular weight excluding hydrogens is 569 g/mol. The van der Waals surface area contributed by atoms with E-state index < -0.39 is 28.5 Å². The molecule has 0 radical (unpaired) electrons. The third kappa shape index (κ3) is 8.46. The van der Waals surface area contributed by atoms with Crippen LogP contribution in [0.25, 0.3) is 0 Å². The third-order valence-electron chi connectivity index (χ3n) is 6.48. The highest BCUT2D eigenvalue weighted by Gasteiger charge is 2.33. The van der Waals surface area contributed by atoms with Crippen LogP contribution in [0.3, 0.4) is 0 Å². The number of anilines is 1. The third-order valence-corrected chi connectivity index (χ3v) is 8.19. The molecule has 2 amide bonds. The van der Waals surface area contributed by atoms with Gasteiger partial charge < -0.3 is 10.2 Å². The Morgan fingerprint density at radius 2 is 1.68 bits per heavy atom. The van der Waals surface area contributed by atoms with Gasteiger partial charge in [0.15, 0.2) is 0 Å². The molecule has 0 saturated heterocycles. The molecular formula is C30H35Cl2N3O4S. The van der Waals surface area contributed by atoms with E-state index >= 15 is 0 Å². The minimum Gasteiger partial charge on any atom is -0.354 e. The van der Waals surface area contributed by atoms with E-state index in [9.17, 15) is 18.0 Å². The summed E-state index contributed by atoms with van der Waals surface area (Å²) in [6, 6.07) is 18.7. The van der Waals surface area contributed by atoms with E-state index in [1.54, 1.807) is 37.3 Å². The minimum atomic E-state index is -3.85. The van der Waals surface area contributed by atoms with Gasteiger partial charge in [0.05, 0.1) is 11.9 Å². The number of carbonyl (C=O) groups excluding carboxylic acids is 2. The van der Waals surface area contributed by atoms with Crippen LogP contribution in [-0.2, 0) is 32.6 Å². The Morgan fingerprint density at radius 1 is 0.975 bits per heavy atom. The molecule has 3 aromatic carbocycles. The second-order valence-corrected chi connectivity index (χ2v) is 12.6. The van der Waals surface area contributed by atoms with Crippen molar-refractivity contribution in [2.75, 3.05) is 23.7 Å². The quantitative estimate of drug-likeness (QED) is 0.294. The largest absolute Gasteiger partial charge is 0.354 e.